The molecule has 118 valence electrons. The standard InChI is InChI=1S/C17H27NO2S/c1-3-4-13(7-8-19)11-18-17(20)16-10-14-9-12(2)5-6-15(14)21-16/h10,12-13,19H,3-9,11H2,1-2H3,(H,18,20). The molecule has 1 aromatic heterocycles. The Morgan fingerprint density at radius 1 is 1.52 bits per heavy atom. The van der Waals surface area contributed by atoms with Gasteiger partial charge >= 0.3 is 0 Å². The zero-order chi connectivity index (χ0) is 15.2. The van der Waals surface area contributed by atoms with Gasteiger partial charge in [-0.3, -0.25) is 4.79 Å². The Morgan fingerprint density at radius 2 is 2.33 bits per heavy atom. The molecule has 0 bridgehead atoms. The highest BCUT2D eigenvalue weighted by Crippen LogP contribution is 2.32. The van der Waals surface area contributed by atoms with Crippen molar-refractivity contribution in [1.82, 2.24) is 5.32 Å². The summed E-state index contributed by atoms with van der Waals surface area (Å²) in [6.45, 7) is 5.29. The summed E-state index contributed by atoms with van der Waals surface area (Å²) in [7, 11) is 0. The summed E-state index contributed by atoms with van der Waals surface area (Å²) in [6, 6.07) is 2.09. The number of aryl methyl sites for hydroxylation is 1. The number of carbonyl (C=O) groups is 1. The van der Waals surface area contributed by atoms with Crippen molar-refractivity contribution < 1.29 is 9.90 Å². The van der Waals surface area contributed by atoms with Crippen LogP contribution >= 0.6 is 11.3 Å². The van der Waals surface area contributed by atoms with Gasteiger partial charge in [-0.15, -0.1) is 11.3 Å². The average Bonchev–Trinajstić information content (AvgIpc) is 2.88. The minimum atomic E-state index is 0.0566. The number of aliphatic hydroxyl groups excluding tert-OH is 1. The molecule has 21 heavy (non-hydrogen) atoms. The topological polar surface area (TPSA) is 49.3 Å². The molecule has 2 unspecified atom stereocenters. The third kappa shape index (κ3) is 4.55. The predicted molar refractivity (Wildman–Crippen MR) is 87.9 cm³/mol. The van der Waals surface area contributed by atoms with Gasteiger partial charge in [0.1, 0.15) is 0 Å². The smallest absolute Gasteiger partial charge is 0.261 e. The fourth-order valence-corrected chi connectivity index (χ4v) is 4.21. The van der Waals surface area contributed by atoms with Crippen molar-refractivity contribution in [2.45, 2.75) is 52.4 Å². The number of nitrogens with one attached hydrogen (secondary N) is 1. The van der Waals surface area contributed by atoms with Crippen molar-refractivity contribution in [3.8, 4) is 0 Å². The van der Waals surface area contributed by atoms with Crippen LogP contribution in [0.3, 0.4) is 0 Å². The summed E-state index contributed by atoms with van der Waals surface area (Å²) in [5.74, 6) is 1.18. The summed E-state index contributed by atoms with van der Waals surface area (Å²) < 4.78 is 0. The molecule has 2 rings (SSSR count). The van der Waals surface area contributed by atoms with Gasteiger partial charge in [0.25, 0.3) is 5.91 Å². The van der Waals surface area contributed by atoms with Gasteiger partial charge < -0.3 is 10.4 Å². The molecule has 2 atom stereocenters. The second-order valence-electron chi connectivity index (χ2n) is 6.28. The summed E-state index contributed by atoms with van der Waals surface area (Å²) in [6.07, 6.45) is 6.39. The van der Waals surface area contributed by atoms with Crippen LogP contribution in [0.2, 0.25) is 0 Å². The van der Waals surface area contributed by atoms with Crippen LogP contribution in [0.5, 0.6) is 0 Å². The molecule has 2 N–H and O–H groups in total. The molecule has 1 aliphatic rings. The first-order chi connectivity index (χ1) is 10.1. The fourth-order valence-electron chi connectivity index (χ4n) is 3.08. The Hall–Kier alpha value is -0.870. The van der Waals surface area contributed by atoms with Crippen molar-refractivity contribution in [3.05, 3.63) is 21.4 Å². The molecule has 0 saturated carbocycles. The van der Waals surface area contributed by atoms with E-state index in [1.54, 1.807) is 11.3 Å². The molecule has 0 spiro atoms. The normalized spacial score (nSPS) is 19.1. The number of rotatable bonds is 7. The maximum atomic E-state index is 12.3. The highest BCUT2D eigenvalue weighted by atomic mass is 32.1. The first-order valence-corrected chi connectivity index (χ1v) is 8.96. The molecule has 1 amide bonds. The Morgan fingerprint density at radius 3 is 3.05 bits per heavy atom. The van der Waals surface area contributed by atoms with Crippen molar-refractivity contribution in [3.63, 3.8) is 0 Å². The average molecular weight is 309 g/mol. The van der Waals surface area contributed by atoms with E-state index in [0.29, 0.717) is 12.5 Å². The number of carbonyl (C=O) groups excluding carboxylic acids is 1. The Bertz CT molecular complexity index is 463. The fraction of sp³-hybridized carbons (Fsp3) is 0.706. The third-order valence-corrected chi connectivity index (χ3v) is 5.57. The number of thiophene rings is 1. The van der Waals surface area contributed by atoms with Crippen molar-refractivity contribution in [2.75, 3.05) is 13.2 Å². The lowest BCUT2D eigenvalue weighted by atomic mass is 9.90. The maximum absolute atomic E-state index is 12.3. The van der Waals surface area contributed by atoms with Gasteiger partial charge in [0.05, 0.1) is 4.88 Å². The maximum Gasteiger partial charge on any atom is 0.261 e. The minimum absolute atomic E-state index is 0.0566. The number of fused-ring (bicyclic) bond motifs is 1. The molecule has 1 aliphatic carbocycles. The minimum Gasteiger partial charge on any atom is -0.396 e. The summed E-state index contributed by atoms with van der Waals surface area (Å²) in [5.41, 5.74) is 1.38. The zero-order valence-corrected chi connectivity index (χ0v) is 14.0. The van der Waals surface area contributed by atoms with Crippen molar-refractivity contribution in [1.29, 1.82) is 0 Å². The lowest BCUT2D eigenvalue weighted by Gasteiger charge is -2.16. The van der Waals surface area contributed by atoms with Gasteiger partial charge in [0.15, 0.2) is 0 Å². The van der Waals surface area contributed by atoms with E-state index in [1.165, 1.54) is 16.9 Å². The Labute approximate surface area is 131 Å². The molecular weight excluding hydrogens is 282 g/mol. The van der Waals surface area contributed by atoms with Crippen LogP contribution in [0.1, 0.15) is 59.6 Å². The van der Waals surface area contributed by atoms with Crippen LogP contribution in [-0.2, 0) is 12.8 Å². The summed E-state index contributed by atoms with van der Waals surface area (Å²) >= 11 is 1.66. The Kier molecular flexibility index (Phi) is 6.24. The van der Waals surface area contributed by atoms with Gasteiger partial charge in [0.2, 0.25) is 0 Å². The van der Waals surface area contributed by atoms with E-state index in [4.69, 9.17) is 5.11 Å². The van der Waals surface area contributed by atoms with Gasteiger partial charge in [-0.25, -0.2) is 0 Å². The lowest BCUT2D eigenvalue weighted by molar-refractivity contribution is 0.0947. The molecule has 0 saturated heterocycles. The quantitative estimate of drug-likeness (QED) is 0.811. The van der Waals surface area contributed by atoms with Gasteiger partial charge in [-0.05, 0) is 55.6 Å². The van der Waals surface area contributed by atoms with Crippen LogP contribution in [0.15, 0.2) is 6.07 Å². The molecule has 0 radical (unpaired) electrons. The number of hydrogen-bond donors (Lipinski definition) is 2. The molecule has 3 nitrogen and oxygen atoms in total. The third-order valence-electron chi connectivity index (χ3n) is 4.34. The lowest BCUT2D eigenvalue weighted by Crippen LogP contribution is -2.29. The molecule has 4 heteroatoms. The molecule has 1 aromatic rings. The second kappa shape index (κ2) is 7.95. The van der Waals surface area contributed by atoms with E-state index in [9.17, 15) is 4.79 Å². The van der Waals surface area contributed by atoms with Crippen molar-refractivity contribution in [2.24, 2.45) is 11.8 Å². The van der Waals surface area contributed by atoms with Gasteiger partial charge in [0, 0.05) is 18.0 Å². The van der Waals surface area contributed by atoms with Gasteiger partial charge in [-0.2, -0.15) is 0 Å². The van der Waals surface area contributed by atoms with Crippen LogP contribution in [0.4, 0.5) is 0 Å². The molecular formula is C17H27NO2S. The molecule has 0 aromatic carbocycles. The molecule has 0 fully saturated rings. The van der Waals surface area contributed by atoms with E-state index >= 15 is 0 Å². The zero-order valence-electron chi connectivity index (χ0n) is 13.2. The number of amides is 1. The van der Waals surface area contributed by atoms with Crippen LogP contribution in [0, 0.1) is 11.8 Å². The van der Waals surface area contributed by atoms with E-state index in [-0.39, 0.29) is 12.5 Å². The highest BCUT2D eigenvalue weighted by molar-refractivity contribution is 7.14. The molecule has 1 heterocycles. The van der Waals surface area contributed by atoms with E-state index in [0.717, 1.165) is 42.9 Å². The second-order valence-corrected chi connectivity index (χ2v) is 7.42. The SMILES string of the molecule is CCCC(CCO)CNC(=O)c1cc2c(s1)CCC(C)C2. The van der Waals surface area contributed by atoms with E-state index in [2.05, 4.69) is 25.2 Å². The highest BCUT2D eigenvalue weighted by Gasteiger charge is 2.21. The van der Waals surface area contributed by atoms with E-state index in [1.807, 2.05) is 0 Å². The van der Waals surface area contributed by atoms with E-state index < -0.39 is 0 Å². The Balaban J connectivity index is 1.91. The van der Waals surface area contributed by atoms with Crippen LogP contribution in [0.25, 0.3) is 0 Å². The number of hydrogen-bond acceptors (Lipinski definition) is 3. The summed E-state index contributed by atoms with van der Waals surface area (Å²) in [4.78, 5) is 14.6. The van der Waals surface area contributed by atoms with Gasteiger partial charge in [-0.1, -0.05) is 20.3 Å². The monoisotopic (exact) mass is 309 g/mol. The first-order valence-electron chi connectivity index (χ1n) is 8.14. The summed E-state index contributed by atoms with van der Waals surface area (Å²) in [5, 5.41) is 12.1. The van der Waals surface area contributed by atoms with Crippen LogP contribution < -0.4 is 5.32 Å². The molecule has 0 aliphatic heterocycles. The van der Waals surface area contributed by atoms with Crippen molar-refractivity contribution >= 4 is 17.2 Å². The van der Waals surface area contributed by atoms with Crippen LogP contribution in [-0.4, -0.2) is 24.2 Å². The number of aliphatic hydroxyl groups is 1. The first kappa shape index (κ1) is 16.5. The predicted octanol–water partition coefficient (Wildman–Crippen LogP) is 3.40. The largest absolute Gasteiger partial charge is 0.396 e.